The van der Waals surface area contributed by atoms with Crippen LogP contribution in [-0.4, -0.2) is 227 Å². The lowest BCUT2D eigenvalue weighted by Crippen LogP contribution is -2.63. The molecule has 0 aliphatic carbocycles. The highest BCUT2D eigenvalue weighted by atomic mass is 16.3. The number of carbonyl (C=O) groups excluding carboxylic acids is 11. The normalized spacial score (nSPS) is 26.0. The van der Waals surface area contributed by atoms with Gasteiger partial charge in [0.15, 0.2) is 0 Å². The molecule has 0 aromatic carbocycles. The van der Waals surface area contributed by atoms with Gasteiger partial charge in [-0.15, -0.1) is 0 Å². The van der Waals surface area contributed by atoms with Crippen molar-refractivity contribution < 1.29 is 57.8 Å². The summed E-state index contributed by atoms with van der Waals surface area (Å²) in [5, 5.41) is 23.4. The van der Waals surface area contributed by atoms with Crippen molar-refractivity contribution in [3.05, 3.63) is 0 Å². The Morgan fingerprint density at radius 2 is 0.822 bits per heavy atom. The van der Waals surface area contributed by atoms with Crippen molar-refractivity contribution in [2.75, 3.05) is 55.9 Å². The van der Waals surface area contributed by atoms with E-state index < -0.39 is 156 Å². The van der Waals surface area contributed by atoms with Crippen molar-refractivity contribution in [1.29, 1.82) is 0 Å². The summed E-state index contributed by atoms with van der Waals surface area (Å²) < 4.78 is 0. The minimum Gasteiger partial charge on any atom is -0.390 e. The van der Waals surface area contributed by atoms with Crippen LogP contribution in [-0.2, 0) is 52.7 Å². The molecule has 0 saturated carbocycles. The van der Waals surface area contributed by atoms with E-state index in [0.29, 0.717) is 6.42 Å². The van der Waals surface area contributed by atoms with Gasteiger partial charge >= 0.3 is 0 Å². The Hall–Kier alpha value is -5.87. The smallest absolute Gasteiger partial charge is 0.246 e. The molecule has 1 heterocycles. The predicted octanol–water partition coefficient (Wildman–Crippen LogP) is 5.44. The molecule has 1 saturated heterocycles. The molecule has 0 bridgehead atoms. The second-order valence-corrected chi connectivity index (χ2v) is 28.2. The Morgan fingerprint density at radius 1 is 0.411 bits per heavy atom. The molecule has 0 unspecified atom stereocenters. The number of unbranched alkanes of at least 4 members (excludes halogenated alkanes) is 6. The molecule has 11 amide bonds. The highest BCUT2D eigenvalue weighted by Gasteiger charge is 2.46. The van der Waals surface area contributed by atoms with E-state index in [2.05, 4.69) is 28.2 Å². The molecule has 23 heteroatoms. The first-order valence-electron chi connectivity index (χ1n) is 33.5. The lowest BCUT2D eigenvalue weighted by Gasteiger charge is -2.41. The van der Waals surface area contributed by atoms with Gasteiger partial charge in [0.25, 0.3) is 0 Å². The summed E-state index contributed by atoms with van der Waals surface area (Å²) in [7, 11) is 10.0. The molecule has 1 rings (SSSR count). The van der Waals surface area contributed by atoms with Crippen molar-refractivity contribution in [3.8, 4) is 0 Å². The highest BCUT2D eigenvalue weighted by Crippen LogP contribution is 2.26. The molecule has 12 atom stereocenters. The Labute approximate surface area is 541 Å². The zero-order chi connectivity index (χ0) is 69.5. The number of nitrogens with zero attached hydrogens (tertiary/aromatic N) is 7. The maximum absolute atomic E-state index is 15.3. The van der Waals surface area contributed by atoms with E-state index in [1.807, 2.05) is 55.4 Å². The van der Waals surface area contributed by atoms with Crippen molar-refractivity contribution in [2.45, 2.75) is 268 Å². The van der Waals surface area contributed by atoms with E-state index in [0.717, 1.165) is 54.7 Å². The Kier molecular flexibility index (Phi) is 35.5. The van der Waals surface area contributed by atoms with E-state index in [-0.39, 0.29) is 55.8 Å². The fourth-order valence-electron chi connectivity index (χ4n) is 11.8. The molecular weight excluding hydrogens is 1150 g/mol. The van der Waals surface area contributed by atoms with Gasteiger partial charge in [-0.3, -0.25) is 52.7 Å². The van der Waals surface area contributed by atoms with E-state index >= 15 is 19.2 Å². The lowest BCUT2D eigenvalue weighted by atomic mass is 9.90. The topological polar surface area (TPSA) is 279 Å². The van der Waals surface area contributed by atoms with Crippen LogP contribution >= 0.6 is 0 Å². The van der Waals surface area contributed by atoms with Gasteiger partial charge in [0.2, 0.25) is 65.0 Å². The van der Waals surface area contributed by atoms with Crippen molar-refractivity contribution >= 4 is 65.0 Å². The Bertz CT molecular complexity index is 2370. The minimum absolute atomic E-state index is 0.0362. The Morgan fingerprint density at radius 3 is 1.29 bits per heavy atom. The van der Waals surface area contributed by atoms with Gasteiger partial charge < -0.3 is 60.7 Å². The number of aliphatic hydroxyl groups is 1. The maximum atomic E-state index is 15.3. The van der Waals surface area contributed by atoms with Gasteiger partial charge in [0, 0.05) is 49.3 Å². The van der Waals surface area contributed by atoms with Crippen LogP contribution in [0.3, 0.4) is 0 Å². The lowest BCUT2D eigenvalue weighted by molar-refractivity contribution is -0.157. The molecule has 23 nitrogen and oxygen atoms in total. The van der Waals surface area contributed by atoms with Gasteiger partial charge in [-0.2, -0.15) is 0 Å². The van der Waals surface area contributed by atoms with Crippen LogP contribution in [0.2, 0.25) is 0 Å². The van der Waals surface area contributed by atoms with Crippen molar-refractivity contribution in [1.82, 2.24) is 55.6 Å². The largest absolute Gasteiger partial charge is 0.390 e. The number of aliphatic hydroxyl groups excluding tert-OH is 1. The molecule has 0 spiro atoms. The monoisotopic (exact) mass is 1270 g/mol. The van der Waals surface area contributed by atoms with Crippen molar-refractivity contribution in [2.24, 2.45) is 41.4 Å². The van der Waals surface area contributed by atoms with Crippen LogP contribution in [0.5, 0.6) is 0 Å². The fraction of sp³-hybridized carbons (Fsp3) is 0.836. The average molecular weight is 1270 g/mol. The second kappa shape index (κ2) is 38.9. The average Bonchev–Trinajstić information content (AvgIpc) is 0.852. The SMILES string of the molecule is CCCCCCCCC[C@@H](C)[C@@H](O)[C@H]1C(=O)N[C@@H](CC)C(=O)N(C)CC(=O)N(C)[C@@H](CC(C)C)C(=O)N[C@@H](C(C)C)C(=O)N(C)[C@@H](CC(C)C)C(=O)N[C@@H](C)C(=O)N[C@H](C)C(=O)N(C)[C@@H](CC(C)C)C(=O)N(C)[C@@H](CC(C)C)C(=O)N(C)[C@@H](C(C)C)C(=O)N1C. The van der Waals surface area contributed by atoms with Crippen LogP contribution in [0, 0.1) is 41.4 Å². The van der Waals surface area contributed by atoms with Gasteiger partial charge in [-0.05, 0) is 93.8 Å². The molecule has 0 aromatic rings. The molecular formula is C67H123N11O12. The number of nitrogens with one attached hydrogen (secondary N) is 4. The number of amides is 11. The summed E-state index contributed by atoms with van der Waals surface area (Å²) in [5.74, 6) is -9.46. The third-order valence-electron chi connectivity index (χ3n) is 17.6. The molecule has 90 heavy (non-hydrogen) atoms. The summed E-state index contributed by atoms with van der Waals surface area (Å²) in [6, 6.07) is -12.3. The quantitative estimate of drug-likeness (QED) is 0.0899. The summed E-state index contributed by atoms with van der Waals surface area (Å²) in [6.07, 6.45) is 6.84. The van der Waals surface area contributed by atoms with Crippen LogP contribution in [0.4, 0.5) is 0 Å². The van der Waals surface area contributed by atoms with E-state index in [1.54, 1.807) is 41.5 Å². The molecule has 518 valence electrons. The van der Waals surface area contributed by atoms with E-state index in [1.165, 1.54) is 87.7 Å². The molecule has 0 aromatic heterocycles. The molecule has 1 aliphatic rings. The van der Waals surface area contributed by atoms with E-state index in [9.17, 15) is 38.7 Å². The Balaban J connectivity index is 4.31. The van der Waals surface area contributed by atoms with Crippen LogP contribution in [0.25, 0.3) is 0 Å². The maximum Gasteiger partial charge on any atom is 0.246 e. The number of hydrogen-bond acceptors (Lipinski definition) is 12. The van der Waals surface area contributed by atoms with Gasteiger partial charge in [-0.1, -0.05) is 149 Å². The summed E-state index contributed by atoms with van der Waals surface area (Å²) in [4.78, 5) is 170. The number of carbonyl (C=O) groups is 11. The highest BCUT2D eigenvalue weighted by molar-refractivity contribution is 5.99. The zero-order valence-electron chi connectivity index (χ0n) is 59.9. The third kappa shape index (κ3) is 24.3. The van der Waals surface area contributed by atoms with Gasteiger partial charge in [-0.25, -0.2) is 0 Å². The number of hydrogen-bond donors (Lipinski definition) is 5. The van der Waals surface area contributed by atoms with Crippen LogP contribution in [0.1, 0.15) is 201 Å². The summed E-state index contributed by atoms with van der Waals surface area (Å²) >= 11 is 0. The number of rotatable bonds is 21. The summed E-state index contributed by atoms with van der Waals surface area (Å²) in [6.45, 7) is 30.0. The molecule has 0 radical (unpaired) electrons. The van der Waals surface area contributed by atoms with Crippen molar-refractivity contribution in [3.63, 3.8) is 0 Å². The standard InChI is InChI=1S/C67H123N11O12/c1-25-27-28-29-30-31-32-33-45(15)57(80)56-61(84)70-48(26-2)63(86)72(18)38-53(79)73(19)49(34-39(3)4)60(83)71-54(43(11)12)66(89)74(20)50(35-40(5)6)59(82)68-46(16)58(81)69-47(17)62(85)75(21)51(36-41(7)8)64(87)76(22)52(37-42(9)10)65(88)77(23)55(44(13)14)67(90)78(56)24/h39-52,54-57,80H,25-38H2,1-24H3,(H,68,82)(H,69,81)(H,70,84)(H,71,83)/t45-,46+,47-,48+,49+,50+,51+,52+,54+,55+,56+,57-/m1/s1. The van der Waals surface area contributed by atoms with E-state index in [4.69, 9.17) is 0 Å². The number of likely N-dealkylation sites (N-methyl/N-ethyl adjacent to an activating group) is 7. The van der Waals surface area contributed by atoms with Gasteiger partial charge in [0.05, 0.1) is 12.6 Å². The first-order chi connectivity index (χ1) is 41.7. The molecule has 1 fully saturated rings. The summed E-state index contributed by atoms with van der Waals surface area (Å²) in [5.41, 5.74) is 0. The molecule has 5 N–H and O–H groups in total. The fourth-order valence-corrected chi connectivity index (χ4v) is 11.8. The van der Waals surface area contributed by atoms with Gasteiger partial charge in [0.1, 0.15) is 60.4 Å². The molecule has 1 aliphatic heterocycles. The van der Waals surface area contributed by atoms with Crippen LogP contribution in [0.15, 0.2) is 0 Å². The first-order valence-corrected chi connectivity index (χ1v) is 33.5. The minimum atomic E-state index is -1.58. The second-order valence-electron chi connectivity index (χ2n) is 28.2. The zero-order valence-corrected chi connectivity index (χ0v) is 59.9. The first kappa shape index (κ1) is 82.1. The van der Waals surface area contributed by atoms with Crippen LogP contribution < -0.4 is 21.3 Å². The third-order valence-corrected chi connectivity index (χ3v) is 17.6. The predicted molar refractivity (Wildman–Crippen MR) is 352 cm³/mol.